The number of nitrogens with zero attached hydrogens (tertiary/aromatic N) is 2. The van der Waals surface area contributed by atoms with Gasteiger partial charge in [0.1, 0.15) is 12.3 Å². The number of thiophene rings is 1. The van der Waals surface area contributed by atoms with Crippen LogP contribution in [0.4, 0.5) is 5.69 Å². The second-order valence-corrected chi connectivity index (χ2v) is 6.94. The van der Waals surface area contributed by atoms with Gasteiger partial charge in [-0.05, 0) is 54.8 Å². The highest BCUT2D eigenvalue weighted by Crippen LogP contribution is 2.28. The van der Waals surface area contributed by atoms with Gasteiger partial charge in [0.25, 0.3) is 0 Å². The lowest BCUT2D eigenvalue weighted by molar-refractivity contribution is -0.116. The van der Waals surface area contributed by atoms with Crippen molar-refractivity contribution in [1.82, 2.24) is 9.55 Å². The van der Waals surface area contributed by atoms with Crippen LogP contribution in [-0.2, 0) is 11.3 Å². The molecule has 0 atom stereocenters. The molecule has 1 amide bonds. The predicted octanol–water partition coefficient (Wildman–Crippen LogP) is 4.80. The Kier molecular flexibility index (Phi) is 4.89. The van der Waals surface area contributed by atoms with Crippen LogP contribution in [0.25, 0.3) is 21.7 Å². The number of carbonyl (C=O) groups excluding carboxylic acids is 1. The smallest absolute Gasteiger partial charge is 0.244 e. The molecule has 0 bridgehead atoms. The van der Waals surface area contributed by atoms with Gasteiger partial charge >= 0.3 is 0 Å². The molecule has 0 aliphatic heterocycles. The number of fused-ring (bicyclic) bond motifs is 1. The Bertz CT molecular complexity index is 1050. The first kappa shape index (κ1) is 17.3. The quantitative estimate of drug-likeness (QED) is 0.525. The third-order valence-corrected chi connectivity index (χ3v) is 5.01. The molecule has 2 aromatic heterocycles. The molecule has 136 valence electrons. The normalized spacial score (nSPS) is 10.9. The third-order valence-electron chi connectivity index (χ3n) is 4.15. The number of anilines is 1. The Balaban J connectivity index is 1.59. The van der Waals surface area contributed by atoms with Crippen LogP contribution in [0.15, 0.2) is 66.0 Å². The van der Waals surface area contributed by atoms with E-state index in [-0.39, 0.29) is 12.5 Å². The summed E-state index contributed by atoms with van der Waals surface area (Å²) in [5, 5.41) is 4.96. The SMILES string of the molecule is CCOc1ccc(NC(=O)Cn2c(-c3cccs3)nc3ccccc32)cc1. The van der Waals surface area contributed by atoms with E-state index in [2.05, 4.69) is 5.32 Å². The Morgan fingerprint density at radius 3 is 2.67 bits per heavy atom. The van der Waals surface area contributed by atoms with Gasteiger partial charge in [0.2, 0.25) is 5.91 Å². The lowest BCUT2D eigenvalue weighted by atomic mass is 10.3. The molecule has 0 unspecified atom stereocenters. The molecular formula is C21H19N3O2S. The summed E-state index contributed by atoms with van der Waals surface area (Å²) in [7, 11) is 0. The summed E-state index contributed by atoms with van der Waals surface area (Å²) in [5.74, 6) is 1.50. The van der Waals surface area contributed by atoms with Gasteiger partial charge in [-0.25, -0.2) is 4.98 Å². The molecule has 5 nitrogen and oxygen atoms in total. The van der Waals surface area contributed by atoms with E-state index < -0.39 is 0 Å². The Labute approximate surface area is 161 Å². The summed E-state index contributed by atoms with van der Waals surface area (Å²) in [5.41, 5.74) is 2.57. The van der Waals surface area contributed by atoms with E-state index in [4.69, 9.17) is 9.72 Å². The number of benzene rings is 2. The maximum atomic E-state index is 12.7. The van der Waals surface area contributed by atoms with E-state index in [0.29, 0.717) is 6.61 Å². The third kappa shape index (κ3) is 3.71. The number of imidazole rings is 1. The number of aromatic nitrogens is 2. The van der Waals surface area contributed by atoms with Crippen LogP contribution < -0.4 is 10.1 Å². The Morgan fingerprint density at radius 2 is 1.93 bits per heavy atom. The molecule has 2 heterocycles. The average molecular weight is 377 g/mol. The van der Waals surface area contributed by atoms with Gasteiger partial charge in [0.05, 0.1) is 22.5 Å². The van der Waals surface area contributed by atoms with E-state index in [1.165, 1.54) is 0 Å². The van der Waals surface area contributed by atoms with Crippen LogP contribution in [0.1, 0.15) is 6.92 Å². The zero-order valence-electron chi connectivity index (χ0n) is 14.9. The molecule has 27 heavy (non-hydrogen) atoms. The molecule has 0 aliphatic carbocycles. The number of rotatable bonds is 6. The van der Waals surface area contributed by atoms with Crippen molar-refractivity contribution >= 4 is 34.0 Å². The largest absolute Gasteiger partial charge is 0.494 e. The number of ether oxygens (including phenoxy) is 1. The summed E-state index contributed by atoms with van der Waals surface area (Å²) >= 11 is 1.61. The topological polar surface area (TPSA) is 56.1 Å². The van der Waals surface area contributed by atoms with Gasteiger partial charge < -0.3 is 14.6 Å². The molecule has 0 saturated carbocycles. The first-order valence-corrected chi connectivity index (χ1v) is 9.64. The molecule has 1 N–H and O–H groups in total. The lowest BCUT2D eigenvalue weighted by Crippen LogP contribution is -2.19. The van der Waals surface area contributed by atoms with Gasteiger partial charge in [0, 0.05) is 5.69 Å². The van der Waals surface area contributed by atoms with Gasteiger partial charge in [-0.2, -0.15) is 0 Å². The van der Waals surface area contributed by atoms with E-state index in [1.54, 1.807) is 11.3 Å². The number of hydrogen-bond acceptors (Lipinski definition) is 4. The van der Waals surface area contributed by atoms with E-state index in [1.807, 2.05) is 77.5 Å². The fourth-order valence-corrected chi connectivity index (χ4v) is 3.70. The van der Waals surface area contributed by atoms with E-state index >= 15 is 0 Å². The number of carbonyl (C=O) groups is 1. The Hall–Kier alpha value is -3.12. The minimum atomic E-state index is -0.0971. The second kappa shape index (κ2) is 7.63. The highest BCUT2D eigenvalue weighted by atomic mass is 32.1. The van der Waals surface area contributed by atoms with Crippen molar-refractivity contribution in [2.75, 3.05) is 11.9 Å². The zero-order chi connectivity index (χ0) is 18.6. The summed E-state index contributed by atoms with van der Waals surface area (Å²) in [4.78, 5) is 18.4. The van der Waals surface area contributed by atoms with Gasteiger partial charge in [0.15, 0.2) is 5.82 Å². The number of para-hydroxylation sites is 2. The van der Waals surface area contributed by atoms with Crippen molar-refractivity contribution in [3.63, 3.8) is 0 Å². The van der Waals surface area contributed by atoms with Crippen molar-refractivity contribution in [1.29, 1.82) is 0 Å². The molecule has 0 saturated heterocycles. The molecule has 0 radical (unpaired) electrons. The standard InChI is InChI=1S/C21H19N3O2S/c1-2-26-16-11-9-15(10-12-16)22-20(25)14-24-18-7-4-3-6-17(18)23-21(24)19-8-5-13-27-19/h3-13H,2,14H2,1H3,(H,22,25). The van der Waals surface area contributed by atoms with Crippen molar-refractivity contribution in [2.45, 2.75) is 13.5 Å². The summed E-state index contributed by atoms with van der Waals surface area (Å²) < 4.78 is 7.40. The van der Waals surface area contributed by atoms with Crippen LogP contribution in [0.5, 0.6) is 5.75 Å². The second-order valence-electron chi connectivity index (χ2n) is 5.99. The first-order chi connectivity index (χ1) is 13.2. The number of amides is 1. The molecule has 2 aromatic carbocycles. The van der Waals surface area contributed by atoms with Crippen LogP contribution >= 0.6 is 11.3 Å². The number of nitrogens with one attached hydrogen (secondary N) is 1. The van der Waals surface area contributed by atoms with Crippen LogP contribution in [-0.4, -0.2) is 22.1 Å². The zero-order valence-corrected chi connectivity index (χ0v) is 15.7. The molecular weight excluding hydrogens is 358 g/mol. The minimum absolute atomic E-state index is 0.0971. The summed E-state index contributed by atoms with van der Waals surface area (Å²) in [6.07, 6.45) is 0. The van der Waals surface area contributed by atoms with Crippen molar-refractivity contribution in [2.24, 2.45) is 0 Å². The van der Waals surface area contributed by atoms with Crippen molar-refractivity contribution in [3.05, 3.63) is 66.0 Å². The van der Waals surface area contributed by atoms with Gasteiger partial charge in [-0.15, -0.1) is 11.3 Å². The molecule has 0 spiro atoms. The van der Waals surface area contributed by atoms with Gasteiger partial charge in [-0.3, -0.25) is 4.79 Å². The van der Waals surface area contributed by atoms with Crippen molar-refractivity contribution in [3.8, 4) is 16.5 Å². The molecule has 6 heteroatoms. The van der Waals surface area contributed by atoms with Crippen LogP contribution in [0.2, 0.25) is 0 Å². The summed E-state index contributed by atoms with van der Waals surface area (Å²) in [6.45, 7) is 2.75. The number of hydrogen-bond donors (Lipinski definition) is 1. The van der Waals surface area contributed by atoms with Crippen molar-refractivity contribution < 1.29 is 9.53 Å². The lowest BCUT2D eigenvalue weighted by Gasteiger charge is -2.10. The fraction of sp³-hybridized carbons (Fsp3) is 0.143. The van der Waals surface area contributed by atoms with E-state index in [9.17, 15) is 4.79 Å². The predicted molar refractivity (Wildman–Crippen MR) is 109 cm³/mol. The maximum absolute atomic E-state index is 12.7. The monoisotopic (exact) mass is 377 g/mol. The average Bonchev–Trinajstić information content (AvgIpc) is 3.32. The molecule has 0 aliphatic rings. The van der Waals surface area contributed by atoms with Crippen LogP contribution in [0.3, 0.4) is 0 Å². The molecule has 4 rings (SSSR count). The molecule has 4 aromatic rings. The molecule has 0 fully saturated rings. The van der Waals surface area contributed by atoms with E-state index in [0.717, 1.165) is 33.2 Å². The first-order valence-electron chi connectivity index (χ1n) is 8.76. The highest BCUT2D eigenvalue weighted by Gasteiger charge is 2.15. The highest BCUT2D eigenvalue weighted by molar-refractivity contribution is 7.13. The van der Waals surface area contributed by atoms with Crippen LogP contribution in [0, 0.1) is 0 Å². The Morgan fingerprint density at radius 1 is 1.11 bits per heavy atom. The van der Waals surface area contributed by atoms with Gasteiger partial charge in [-0.1, -0.05) is 18.2 Å². The minimum Gasteiger partial charge on any atom is -0.494 e. The maximum Gasteiger partial charge on any atom is 0.244 e. The summed E-state index contributed by atoms with van der Waals surface area (Å²) in [6, 6.07) is 19.3. The fourth-order valence-electron chi connectivity index (χ4n) is 2.97.